The molecule has 1 N–H and O–H groups in total. The molecule has 2 aromatic rings. The molecule has 1 heterocycles. The summed E-state index contributed by atoms with van der Waals surface area (Å²) in [6.07, 6.45) is 4.06. The van der Waals surface area contributed by atoms with Gasteiger partial charge in [0.25, 0.3) is 0 Å². The predicted molar refractivity (Wildman–Crippen MR) is 84.3 cm³/mol. The van der Waals surface area contributed by atoms with Gasteiger partial charge in [-0.15, -0.1) is 11.8 Å². The summed E-state index contributed by atoms with van der Waals surface area (Å²) in [4.78, 5) is 17.2. The van der Waals surface area contributed by atoms with Gasteiger partial charge in [0.05, 0.1) is 17.1 Å². The van der Waals surface area contributed by atoms with Crippen LogP contribution in [0.15, 0.2) is 53.7 Å². The Kier molecular flexibility index (Phi) is 5.44. The Labute approximate surface area is 127 Å². The number of hydrogen-bond acceptors (Lipinski definition) is 3. The van der Waals surface area contributed by atoms with Crippen molar-refractivity contribution in [1.29, 1.82) is 0 Å². The summed E-state index contributed by atoms with van der Waals surface area (Å²) in [5.74, 6) is -0.0135. The van der Waals surface area contributed by atoms with Crippen molar-refractivity contribution < 1.29 is 4.79 Å². The third kappa shape index (κ3) is 4.25. The maximum absolute atomic E-state index is 12.2. The van der Waals surface area contributed by atoms with Crippen LogP contribution in [0.3, 0.4) is 0 Å². The lowest BCUT2D eigenvalue weighted by Gasteiger charge is -2.14. The number of carbonyl (C=O) groups excluding carboxylic acids is 1. The van der Waals surface area contributed by atoms with Crippen molar-refractivity contribution in [3.63, 3.8) is 0 Å². The van der Waals surface area contributed by atoms with Crippen LogP contribution in [0, 0.1) is 0 Å². The molecule has 1 amide bonds. The average molecular weight is 307 g/mol. The number of aromatic nitrogens is 1. The molecule has 0 saturated carbocycles. The number of carbonyl (C=O) groups is 1. The molecular formula is C15H15ClN2OS. The minimum atomic E-state index is -0.142. The standard InChI is InChI=1S/C15H15ClN2OS/c1-2-14(20-13-7-5-11(16)6-8-13)15(19)18-12-4-3-9-17-10-12/h3-10,14H,2H2,1H3,(H,18,19). The predicted octanol–water partition coefficient (Wildman–Crippen LogP) is 4.24. The monoisotopic (exact) mass is 306 g/mol. The van der Waals surface area contributed by atoms with Gasteiger partial charge in [0, 0.05) is 16.1 Å². The van der Waals surface area contributed by atoms with E-state index in [9.17, 15) is 4.79 Å². The number of nitrogens with zero attached hydrogens (tertiary/aromatic N) is 1. The van der Waals surface area contributed by atoms with Gasteiger partial charge >= 0.3 is 0 Å². The molecule has 0 spiro atoms. The second kappa shape index (κ2) is 7.31. The molecule has 104 valence electrons. The number of hydrogen-bond donors (Lipinski definition) is 1. The van der Waals surface area contributed by atoms with Crippen molar-refractivity contribution in [2.45, 2.75) is 23.5 Å². The highest BCUT2D eigenvalue weighted by molar-refractivity contribution is 8.00. The van der Waals surface area contributed by atoms with Crippen LogP contribution in [0.1, 0.15) is 13.3 Å². The normalized spacial score (nSPS) is 11.9. The number of rotatable bonds is 5. The molecule has 0 radical (unpaired) electrons. The van der Waals surface area contributed by atoms with Crippen molar-refractivity contribution in [3.05, 3.63) is 53.8 Å². The lowest BCUT2D eigenvalue weighted by molar-refractivity contribution is -0.115. The maximum atomic E-state index is 12.2. The fourth-order valence-corrected chi connectivity index (χ4v) is 2.74. The third-order valence-electron chi connectivity index (χ3n) is 2.68. The van der Waals surface area contributed by atoms with Crippen molar-refractivity contribution in [1.82, 2.24) is 4.98 Å². The molecule has 0 fully saturated rings. The molecule has 20 heavy (non-hydrogen) atoms. The molecule has 0 aliphatic carbocycles. The largest absolute Gasteiger partial charge is 0.324 e. The number of nitrogens with one attached hydrogen (secondary N) is 1. The van der Waals surface area contributed by atoms with Gasteiger partial charge in [-0.1, -0.05) is 18.5 Å². The van der Waals surface area contributed by atoms with E-state index >= 15 is 0 Å². The lowest BCUT2D eigenvalue weighted by atomic mass is 10.3. The first-order valence-electron chi connectivity index (χ1n) is 6.32. The van der Waals surface area contributed by atoms with E-state index in [4.69, 9.17) is 11.6 Å². The fourth-order valence-electron chi connectivity index (χ4n) is 1.66. The van der Waals surface area contributed by atoms with E-state index in [1.54, 1.807) is 18.5 Å². The van der Waals surface area contributed by atoms with Crippen LogP contribution in [0.4, 0.5) is 5.69 Å². The molecule has 5 heteroatoms. The average Bonchev–Trinajstić information content (AvgIpc) is 2.47. The highest BCUT2D eigenvalue weighted by atomic mass is 35.5. The number of benzene rings is 1. The summed E-state index contributed by atoms with van der Waals surface area (Å²) in [6.45, 7) is 2.00. The van der Waals surface area contributed by atoms with E-state index < -0.39 is 0 Å². The van der Waals surface area contributed by atoms with Gasteiger partial charge < -0.3 is 5.32 Å². The van der Waals surface area contributed by atoms with Crippen LogP contribution in [0.5, 0.6) is 0 Å². The zero-order chi connectivity index (χ0) is 14.4. The van der Waals surface area contributed by atoms with Gasteiger partial charge in [0.1, 0.15) is 0 Å². The summed E-state index contributed by atoms with van der Waals surface area (Å²) in [5.41, 5.74) is 0.715. The van der Waals surface area contributed by atoms with Crippen LogP contribution in [0.25, 0.3) is 0 Å². The minimum Gasteiger partial charge on any atom is -0.324 e. The summed E-state index contributed by atoms with van der Waals surface area (Å²) in [6, 6.07) is 11.1. The molecular weight excluding hydrogens is 292 g/mol. The van der Waals surface area contributed by atoms with Crippen LogP contribution >= 0.6 is 23.4 Å². The Morgan fingerprint density at radius 1 is 1.35 bits per heavy atom. The first-order chi connectivity index (χ1) is 9.69. The van der Waals surface area contributed by atoms with Crippen molar-refractivity contribution in [2.24, 2.45) is 0 Å². The molecule has 3 nitrogen and oxygen atoms in total. The second-order valence-corrected chi connectivity index (χ2v) is 5.91. The Hall–Kier alpha value is -1.52. The highest BCUT2D eigenvalue weighted by Gasteiger charge is 2.18. The Bertz CT molecular complexity index is 560. The van der Waals surface area contributed by atoms with Gasteiger partial charge in [0.2, 0.25) is 5.91 Å². The van der Waals surface area contributed by atoms with E-state index in [-0.39, 0.29) is 11.2 Å². The lowest BCUT2D eigenvalue weighted by Crippen LogP contribution is -2.24. The molecule has 1 unspecified atom stereocenters. The van der Waals surface area contributed by atoms with Gasteiger partial charge in [0.15, 0.2) is 0 Å². The van der Waals surface area contributed by atoms with E-state index in [1.165, 1.54) is 11.8 Å². The van der Waals surface area contributed by atoms with E-state index in [2.05, 4.69) is 10.3 Å². The molecule has 0 saturated heterocycles. The quantitative estimate of drug-likeness (QED) is 0.840. The molecule has 1 atom stereocenters. The van der Waals surface area contributed by atoms with Gasteiger partial charge in [-0.05, 0) is 42.8 Å². The van der Waals surface area contributed by atoms with E-state index in [1.807, 2.05) is 37.3 Å². The zero-order valence-corrected chi connectivity index (χ0v) is 12.6. The minimum absolute atomic E-state index is 0.0135. The molecule has 2 rings (SSSR count). The molecule has 1 aromatic heterocycles. The Balaban J connectivity index is 2.00. The smallest absolute Gasteiger partial charge is 0.237 e. The van der Waals surface area contributed by atoms with Crippen LogP contribution in [-0.4, -0.2) is 16.1 Å². The third-order valence-corrected chi connectivity index (χ3v) is 4.31. The maximum Gasteiger partial charge on any atom is 0.237 e. The summed E-state index contributed by atoms with van der Waals surface area (Å²) < 4.78 is 0. The Morgan fingerprint density at radius 3 is 2.70 bits per heavy atom. The van der Waals surface area contributed by atoms with Crippen molar-refractivity contribution in [3.8, 4) is 0 Å². The number of thioether (sulfide) groups is 1. The highest BCUT2D eigenvalue weighted by Crippen LogP contribution is 2.27. The zero-order valence-electron chi connectivity index (χ0n) is 11.0. The first kappa shape index (κ1) is 14.9. The van der Waals surface area contributed by atoms with Crippen LogP contribution in [-0.2, 0) is 4.79 Å². The van der Waals surface area contributed by atoms with E-state index in [0.717, 1.165) is 11.3 Å². The topological polar surface area (TPSA) is 42.0 Å². The van der Waals surface area contributed by atoms with Crippen molar-refractivity contribution >= 4 is 35.0 Å². The van der Waals surface area contributed by atoms with Gasteiger partial charge in [-0.3, -0.25) is 9.78 Å². The second-order valence-electron chi connectivity index (χ2n) is 4.20. The Morgan fingerprint density at radius 2 is 2.10 bits per heavy atom. The number of pyridine rings is 1. The van der Waals surface area contributed by atoms with Gasteiger partial charge in [-0.25, -0.2) is 0 Å². The van der Waals surface area contributed by atoms with E-state index in [0.29, 0.717) is 10.7 Å². The number of anilines is 1. The molecule has 1 aromatic carbocycles. The van der Waals surface area contributed by atoms with Crippen LogP contribution in [0.2, 0.25) is 5.02 Å². The summed E-state index contributed by atoms with van der Waals surface area (Å²) in [5, 5.41) is 3.43. The summed E-state index contributed by atoms with van der Waals surface area (Å²) >= 11 is 7.39. The molecule has 0 aliphatic rings. The van der Waals surface area contributed by atoms with Gasteiger partial charge in [-0.2, -0.15) is 0 Å². The number of amides is 1. The SMILES string of the molecule is CCC(Sc1ccc(Cl)cc1)C(=O)Nc1cccnc1. The van der Waals surface area contributed by atoms with Crippen LogP contribution < -0.4 is 5.32 Å². The molecule has 0 aliphatic heterocycles. The van der Waals surface area contributed by atoms with Crippen molar-refractivity contribution in [2.75, 3.05) is 5.32 Å². The fraction of sp³-hybridized carbons (Fsp3) is 0.200. The number of halogens is 1. The first-order valence-corrected chi connectivity index (χ1v) is 7.58. The summed E-state index contributed by atoms with van der Waals surface area (Å²) in [7, 11) is 0. The molecule has 0 bridgehead atoms.